The number of fused-ring (bicyclic) bond motifs is 2. The summed E-state index contributed by atoms with van der Waals surface area (Å²) in [5.41, 5.74) is 3.10. The predicted molar refractivity (Wildman–Crippen MR) is 116 cm³/mol. The van der Waals surface area contributed by atoms with Crippen LogP contribution in [0.4, 0.5) is 0 Å². The molecule has 0 spiro atoms. The van der Waals surface area contributed by atoms with Gasteiger partial charge in [0, 0.05) is 13.7 Å². The zero-order valence-electron chi connectivity index (χ0n) is 18.3. The Kier molecular flexibility index (Phi) is 5.45. The number of aryl methyl sites for hydroxylation is 2. The van der Waals surface area contributed by atoms with Gasteiger partial charge in [0.25, 0.3) is 5.91 Å². The molecule has 0 N–H and O–H groups in total. The SMILES string of the molecule is COCCN1C(=O)c2oc3c(C)cc(C)cc3c(=O)c2C1c1ccc(OC)c(OC)c1. The summed E-state index contributed by atoms with van der Waals surface area (Å²) in [6.45, 7) is 4.45. The van der Waals surface area contributed by atoms with Gasteiger partial charge in [-0.2, -0.15) is 0 Å². The highest BCUT2D eigenvalue weighted by Gasteiger charge is 2.42. The molecule has 1 atom stereocenters. The molecule has 4 rings (SSSR count). The third kappa shape index (κ3) is 3.35. The van der Waals surface area contributed by atoms with Crippen LogP contribution in [-0.4, -0.2) is 45.3 Å². The lowest BCUT2D eigenvalue weighted by Gasteiger charge is -2.25. The zero-order valence-corrected chi connectivity index (χ0v) is 18.3. The Morgan fingerprint density at radius 1 is 1.00 bits per heavy atom. The summed E-state index contributed by atoms with van der Waals surface area (Å²) in [6, 6.07) is 8.52. The molecule has 0 radical (unpaired) electrons. The van der Waals surface area contributed by atoms with Crippen LogP contribution in [0.2, 0.25) is 0 Å². The molecule has 0 saturated carbocycles. The number of carbonyl (C=O) groups excluding carboxylic acids is 1. The molecular formula is C24H25NO6. The number of hydrogen-bond donors (Lipinski definition) is 0. The minimum atomic E-state index is -0.612. The smallest absolute Gasteiger partial charge is 0.290 e. The van der Waals surface area contributed by atoms with E-state index < -0.39 is 6.04 Å². The van der Waals surface area contributed by atoms with Gasteiger partial charge in [-0.05, 0) is 48.7 Å². The van der Waals surface area contributed by atoms with Crippen molar-refractivity contribution in [2.75, 3.05) is 34.5 Å². The van der Waals surface area contributed by atoms with Crippen molar-refractivity contribution in [3.8, 4) is 11.5 Å². The first-order chi connectivity index (χ1) is 14.9. The quantitative estimate of drug-likeness (QED) is 0.603. The maximum absolute atomic E-state index is 13.6. The van der Waals surface area contributed by atoms with Crippen LogP contribution >= 0.6 is 0 Å². The maximum atomic E-state index is 13.6. The Hall–Kier alpha value is -3.32. The molecule has 0 fully saturated rings. The fraction of sp³-hybridized carbons (Fsp3) is 0.333. The van der Waals surface area contributed by atoms with Crippen molar-refractivity contribution >= 4 is 16.9 Å². The Morgan fingerprint density at radius 3 is 2.42 bits per heavy atom. The highest BCUT2D eigenvalue weighted by Crippen LogP contribution is 2.41. The Balaban J connectivity index is 1.99. The lowest BCUT2D eigenvalue weighted by Crippen LogP contribution is -2.32. The van der Waals surface area contributed by atoms with Crippen molar-refractivity contribution in [3.05, 3.63) is 68.6 Å². The topological polar surface area (TPSA) is 78.2 Å². The first-order valence-corrected chi connectivity index (χ1v) is 10.0. The van der Waals surface area contributed by atoms with Gasteiger partial charge in [-0.1, -0.05) is 12.1 Å². The van der Waals surface area contributed by atoms with Crippen molar-refractivity contribution < 1.29 is 23.4 Å². The van der Waals surface area contributed by atoms with Crippen molar-refractivity contribution in [1.82, 2.24) is 4.90 Å². The van der Waals surface area contributed by atoms with E-state index in [0.29, 0.717) is 41.2 Å². The number of ether oxygens (including phenoxy) is 3. The van der Waals surface area contributed by atoms with Crippen LogP contribution in [0, 0.1) is 13.8 Å². The number of carbonyl (C=O) groups is 1. The molecule has 0 saturated heterocycles. The molecule has 1 aliphatic rings. The molecule has 3 aromatic rings. The van der Waals surface area contributed by atoms with Gasteiger partial charge in [0.1, 0.15) is 5.58 Å². The Labute approximate surface area is 180 Å². The summed E-state index contributed by atoms with van der Waals surface area (Å²) in [6.07, 6.45) is 0. The van der Waals surface area contributed by atoms with Gasteiger partial charge in [-0.25, -0.2) is 0 Å². The molecule has 7 nitrogen and oxygen atoms in total. The summed E-state index contributed by atoms with van der Waals surface area (Å²) in [4.78, 5) is 28.6. The van der Waals surface area contributed by atoms with E-state index in [1.807, 2.05) is 32.0 Å². The second-order valence-corrected chi connectivity index (χ2v) is 7.64. The van der Waals surface area contributed by atoms with E-state index in [1.54, 1.807) is 38.4 Å². The molecule has 2 heterocycles. The molecule has 1 aliphatic heterocycles. The van der Waals surface area contributed by atoms with Gasteiger partial charge in [-0.15, -0.1) is 0 Å². The van der Waals surface area contributed by atoms with Gasteiger partial charge in [-0.3, -0.25) is 9.59 Å². The number of nitrogens with zero attached hydrogens (tertiary/aromatic N) is 1. The standard InChI is InChI=1S/C24H25NO6/c1-13-10-14(2)22-16(11-13)21(26)19-20(15-6-7-17(29-4)18(12-15)30-5)25(8-9-28-3)24(27)23(19)31-22/h6-7,10-12,20H,8-9H2,1-5H3. The van der Waals surface area contributed by atoms with E-state index in [1.165, 1.54) is 0 Å². The summed E-state index contributed by atoms with van der Waals surface area (Å²) in [7, 11) is 4.68. The van der Waals surface area contributed by atoms with E-state index in [-0.39, 0.29) is 17.1 Å². The van der Waals surface area contributed by atoms with E-state index >= 15 is 0 Å². The molecule has 1 aromatic heterocycles. The first kappa shape index (κ1) is 20.9. The van der Waals surface area contributed by atoms with Crippen LogP contribution in [-0.2, 0) is 4.74 Å². The average Bonchev–Trinajstić information content (AvgIpc) is 3.04. The minimum absolute atomic E-state index is 0.0836. The predicted octanol–water partition coefficient (Wildman–Crippen LogP) is 3.62. The molecular weight excluding hydrogens is 398 g/mol. The molecule has 0 aliphatic carbocycles. The largest absolute Gasteiger partial charge is 0.493 e. The summed E-state index contributed by atoms with van der Waals surface area (Å²) in [5, 5.41) is 0.475. The van der Waals surface area contributed by atoms with E-state index in [2.05, 4.69) is 0 Å². The van der Waals surface area contributed by atoms with Gasteiger partial charge >= 0.3 is 0 Å². The Bertz CT molecular complexity index is 1230. The molecule has 162 valence electrons. The summed E-state index contributed by atoms with van der Waals surface area (Å²) < 4.78 is 22.1. The number of amides is 1. The van der Waals surface area contributed by atoms with Crippen LogP contribution < -0.4 is 14.9 Å². The molecule has 31 heavy (non-hydrogen) atoms. The minimum Gasteiger partial charge on any atom is -0.493 e. The lowest BCUT2D eigenvalue weighted by atomic mass is 9.97. The van der Waals surface area contributed by atoms with Gasteiger partial charge in [0.2, 0.25) is 5.76 Å². The normalized spacial score (nSPS) is 15.5. The molecule has 1 unspecified atom stereocenters. The number of methoxy groups -OCH3 is 3. The van der Waals surface area contributed by atoms with Crippen molar-refractivity contribution in [3.63, 3.8) is 0 Å². The lowest BCUT2D eigenvalue weighted by molar-refractivity contribution is 0.0663. The van der Waals surface area contributed by atoms with E-state index in [4.69, 9.17) is 18.6 Å². The molecule has 7 heteroatoms. The number of rotatable bonds is 6. The summed E-state index contributed by atoms with van der Waals surface area (Å²) >= 11 is 0. The highest BCUT2D eigenvalue weighted by atomic mass is 16.5. The van der Waals surface area contributed by atoms with Crippen LogP contribution in [0.3, 0.4) is 0 Å². The maximum Gasteiger partial charge on any atom is 0.290 e. The Morgan fingerprint density at radius 2 is 1.74 bits per heavy atom. The van der Waals surface area contributed by atoms with Crippen LogP contribution in [0.5, 0.6) is 11.5 Å². The van der Waals surface area contributed by atoms with E-state index in [0.717, 1.165) is 16.7 Å². The second-order valence-electron chi connectivity index (χ2n) is 7.64. The average molecular weight is 423 g/mol. The third-order valence-corrected chi connectivity index (χ3v) is 5.66. The van der Waals surface area contributed by atoms with Gasteiger partial charge in [0.15, 0.2) is 16.9 Å². The van der Waals surface area contributed by atoms with Gasteiger partial charge in [0.05, 0.1) is 37.8 Å². The molecule has 0 bridgehead atoms. The fourth-order valence-electron chi connectivity index (χ4n) is 4.26. The zero-order chi connectivity index (χ0) is 22.3. The summed E-state index contributed by atoms with van der Waals surface area (Å²) in [5.74, 6) is 0.839. The number of benzene rings is 2. The van der Waals surface area contributed by atoms with Crippen molar-refractivity contribution in [2.45, 2.75) is 19.9 Å². The van der Waals surface area contributed by atoms with Crippen molar-refractivity contribution in [2.24, 2.45) is 0 Å². The fourth-order valence-corrected chi connectivity index (χ4v) is 4.26. The monoisotopic (exact) mass is 423 g/mol. The van der Waals surface area contributed by atoms with Crippen molar-refractivity contribution in [1.29, 1.82) is 0 Å². The van der Waals surface area contributed by atoms with E-state index in [9.17, 15) is 9.59 Å². The van der Waals surface area contributed by atoms with Gasteiger partial charge < -0.3 is 23.5 Å². The number of hydrogen-bond acceptors (Lipinski definition) is 6. The highest BCUT2D eigenvalue weighted by molar-refractivity contribution is 5.99. The molecule has 1 amide bonds. The molecule has 2 aromatic carbocycles. The van der Waals surface area contributed by atoms with Crippen LogP contribution in [0.1, 0.15) is 38.9 Å². The van der Waals surface area contributed by atoms with Crippen LogP contribution in [0.15, 0.2) is 39.5 Å². The first-order valence-electron chi connectivity index (χ1n) is 10.0. The third-order valence-electron chi connectivity index (χ3n) is 5.66. The second kappa shape index (κ2) is 8.07. The van der Waals surface area contributed by atoms with Crippen LogP contribution in [0.25, 0.3) is 11.0 Å².